The van der Waals surface area contributed by atoms with Gasteiger partial charge in [0.25, 0.3) is 5.91 Å². The minimum Gasteiger partial charge on any atom is -0.339 e. The first kappa shape index (κ1) is 21.1. The number of rotatable bonds is 5. The molecule has 0 atom stereocenters. The van der Waals surface area contributed by atoms with Crippen LogP contribution in [0.4, 0.5) is 5.69 Å². The normalized spacial score (nSPS) is 17.8. The summed E-state index contributed by atoms with van der Waals surface area (Å²) in [6.07, 6.45) is 3.78. The van der Waals surface area contributed by atoms with Crippen molar-refractivity contribution in [2.75, 3.05) is 31.5 Å². The average molecular weight is 470 g/mol. The molecule has 2 fully saturated rings. The van der Waals surface area contributed by atoms with Gasteiger partial charge in [0.15, 0.2) is 0 Å². The molecule has 0 radical (unpaired) electrons. The van der Waals surface area contributed by atoms with Crippen molar-refractivity contribution in [1.82, 2.24) is 9.80 Å². The van der Waals surface area contributed by atoms with Gasteiger partial charge >= 0.3 is 0 Å². The number of hydrogen-bond donors (Lipinski definition) is 1. The highest BCUT2D eigenvalue weighted by atomic mass is 79.9. The first-order valence-electron chi connectivity index (χ1n) is 10.8. The van der Waals surface area contributed by atoms with Gasteiger partial charge in [0.1, 0.15) is 0 Å². The molecule has 2 aliphatic heterocycles. The van der Waals surface area contributed by atoms with Crippen molar-refractivity contribution in [1.29, 1.82) is 0 Å². The van der Waals surface area contributed by atoms with Gasteiger partial charge < -0.3 is 10.2 Å². The lowest BCUT2D eigenvalue weighted by Crippen LogP contribution is -2.38. The average Bonchev–Trinajstić information content (AvgIpc) is 3.29. The third-order valence-corrected chi connectivity index (χ3v) is 6.56. The maximum atomic E-state index is 12.9. The summed E-state index contributed by atoms with van der Waals surface area (Å²) < 4.78 is 1.09. The fourth-order valence-corrected chi connectivity index (χ4v) is 4.80. The molecule has 1 N–H and O–H groups in total. The molecule has 6 heteroatoms. The highest BCUT2D eigenvalue weighted by molar-refractivity contribution is 9.10. The van der Waals surface area contributed by atoms with Gasteiger partial charge in [0.05, 0.1) is 11.3 Å². The summed E-state index contributed by atoms with van der Waals surface area (Å²) in [5, 5.41) is 3.05. The Morgan fingerprint density at radius 1 is 0.967 bits per heavy atom. The quantitative estimate of drug-likeness (QED) is 0.699. The number of carbonyl (C=O) groups is 2. The van der Waals surface area contributed by atoms with Crippen LogP contribution in [0.5, 0.6) is 0 Å². The number of halogens is 1. The van der Waals surface area contributed by atoms with Crippen LogP contribution in [0.3, 0.4) is 0 Å². The number of amides is 2. The van der Waals surface area contributed by atoms with Gasteiger partial charge in [-0.1, -0.05) is 40.2 Å². The molecule has 0 spiro atoms. The van der Waals surface area contributed by atoms with Crippen LogP contribution in [0.1, 0.15) is 41.6 Å². The summed E-state index contributed by atoms with van der Waals surface area (Å²) >= 11 is 3.53. The summed E-state index contributed by atoms with van der Waals surface area (Å²) in [7, 11) is 0. The second-order valence-corrected chi connectivity index (χ2v) is 9.13. The third kappa shape index (κ3) is 5.10. The van der Waals surface area contributed by atoms with E-state index in [9.17, 15) is 9.59 Å². The Bertz CT molecular complexity index is 903. The predicted octanol–water partition coefficient (Wildman–Crippen LogP) is 4.54. The Labute approximate surface area is 186 Å². The van der Waals surface area contributed by atoms with Gasteiger partial charge in [-0.25, -0.2) is 0 Å². The first-order chi connectivity index (χ1) is 14.6. The minimum atomic E-state index is -0.0151. The zero-order valence-corrected chi connectivity index (χ0v) is 18.7. The minimum absolute atomic E-state index is 0.0151. The molecular formula is C24H28BrN3O2. The molecule has 0 aliphatic carbocycles. The maximum Gasteiger partial charge on any atom is 0.255 e. The van der Waals surface area contributed by atoms with Crippen LogP contribution in [0.25, 0.3) is 0 Å². The van der Waals surface area contributed by atoms with Crippen molar-refractivity contribution in [3.8, 4) is 0 Å². The second kappa shape index (κ2) is 9.75. The van der Waals surface area contributed by atoms with Crippen LogP contribution in [-0.2, 0) is 11.3 Å². The molecule has 2 heterocycles. The lowest BCUT2D eigenvalue weighted by molar-refractivity contribution is -0.121. The van der Waals surface area contributed by atoms with Crippen LogP contribution in [-0.4, -0.2) is 47.8 Å². The largest absolute Gasteiger partial charge is 0.339 e. The van der Waals surface area contributed by atoms with Gasteiger partial charge in [0, 0.05) is 30.0 Å². The van der Waals surface area contributed by atoms with E-state index in [2.05, 4.69) is 44.3 Å². The Balaban J connectivity index is 1.33. The molecule has 2 aliphatic rings. The fourth-order valence-electron chi connectivity index (χ4n) is 4.35. The molecule has 2 saturated heterocycles. The van der Waals surface area contributed by atoms with Crippen LogP contribution in [0.2, 0.25) is 0 Å². The van der Waals surface area contributed by atoms with E-state index in [4.69, 9.17) is 0 Å². The highest BCUT2D eigenvalue weighted by Gasteiger charge is 2.27. The van der Waals surface area contributed by atoms with Crippen molar-refractivity contribution in [3.05, 3.63) is 64.1 Å². The number of nitrogens with one attached hydrogen (secondary N) is 1. The van der Waals surface area contributed by atoms with Crippen molar-refractivity contribution < 1.29 is 9.59 Å². The molecule has 158 valence electrons. The van der Waals surface area contributed by atoms with E-state index in [0.717, 1.165) is 62.9 Å². The lowest BCUT2D eigenvalue weighted by atomic mass is 9.95. The molecule has 30 heavy (non-hydrogen) atoms. The Kier molecular flexibility index (Phi) is 6.85. The van der Waals surface area contributed by atoms with Crippen LogP contribution >= 0.6 is 15.9 Å². The molecular weight excluding hydrogens is 442 g/mol. The summed E-state index contributed by atoms with van der Waals surface area (Å²) in [5.41, 5.74) is 2.51. The van der Waals surface area contributed by atoms with E-state index >= 15 is 0 Å². The van der Waals surface area contributed by atoms with Gasteiger partial charge in [-0.2, -0.15) is 0 Å². The van der Waals surface area contributed by atoms with Gasteiger partial charge in [0.2, 0.25) is 5.91 Å². The van der Waals surface area contributed by atoms with Crippen molar-refractivity contribution in [3.63, 3.8) is 0 Å². The molecule has 2 amide bonds. The Morgan fingerprint density at radius 3 is 2.43 bits per heavy atom. The zero-order valence-electron chi connectivity index (χ0n) is 17.1. The van der Waals surface area contributed by atoms with E-state index in [1.807, 2.05) is 35.2 Å². The smallest absolute Gasteiger partial charge is 0.255 e. The number of anilines is 1. The predicted molar refractivity (Wildman–Crippen MR) is 122 cm³/mol. The standard InChI is InChI=1S/C24H28BrN3O2/c25-20-7-5-6-18(16-20)17-27-14-10-19(11-15-27)23(29)26-22-9-2-1-8-21(22)24(30)28-12-3-4-13-28/h1-2,5-9,16,19H,3-4,10-15,17H2,(H,26,29). The fraction of sp³-hybridized carbons (Fsp3) is 0.417. The van der Waals surface area contributed by atoms with Crippen LogP contribution < -0.4 is 5.32 Å². The lowest BCUT2D eigenvalue weighted by Gasteiger charge is -2.31. The van der Waals surface area contributed by atoms with Crippen molar-refractivity contribution in [2.24, 2.45) is 5.92 Å². The van der Waals surface area contributed by atoms with E-state index < -0.39 is 0 Å². The molecule has 4 rings (SSSR count). The Hall–Kier alpha value is -2.18. The number of piperidine rings is 1. The maximum absolute atomic E-state index is 12.9. The molecule has 5 nitrogen and oxygen atoms in total. The number of para-hydroxylation sites is 1. The molecule has 0 aromatic heterocycles. The summed E-state index contributed by atoms with van der Waals surface area (Å²) in [5.74, 6) is 0.0322. The Morgan fingerprint density at radius 2 is 1.70 bits per heavy atom. The summed E-state index contributed by atoms with van der Waals surface area (Å²) in [6.45, 7) is 4.31. The third-order valence-electron chi connectivity index (χ3n) is 6.06. The second-order valence-electron chi connectivity index (χ2n) is 8.21. The van der Waals surface area contributed by atoms with Crippen LogP contribution in [0, 0.1) is 5.92 Å². The molecule has 0 unspecified atom stereocenters. The van der Waals surface area contributed by atoms with Crippen molar-refractivity contribution >= 4 is 33.4 Å². The first-order valence-corrected chi connectivity index (χ1v) is 11.6. The van der Waals surface area contributed by atoms with E-state index in [1.165, 1.54) is 5.56 Å². The SMILES string of the molecule is O=C(Nc1ccccc1C(=O)N1CCCC1)C1CCN(Cc2cccc(Br)c2)CC1. The number of benzene rings is 2. The highest BCUT2D eigenvalue weighted by Crippen LogP contribution is 2.24. The van der Waals surface area contributed by atoms with Crippen molar-refractivity contribution in [2.45, 2.75) is 32.2 Å². The van der Waals surface area contributed by atoms with E-state index in [0.29, 0.717) is 11.3 Å². The zero-order chi connectivity index (χ0) is 20.9. The summed E-state index contributed by atoms with van der Waals surface area (Å²) in [4.78, 5) is 30.0. The molecule has 2 aromatic carbocycles. The van der Waals surface area contributed by atoms with Gasteiger partial charge in [-0.15, -0.1) is 0 Å². The van der Waals surface area contributed by atoms with E-state index in [1.54, 1.807) is 0 Å². The van der Waals surface area contributed by atoms with Crippen LogP contribution in [0.15, 0.2) is 53.0 Å². The monoisotopic (exact) mass is 469 g/mol. The molecule has 0 bridgehead atoms. The van der Waals surface area contributed by atoms with Gasteiger partial charge in [-0.3, -0.25) is 14.5 Å². The number of nitrogens with zero attached hydrogens (tertiary/aromatic N) is 2. The summed E-state index contributed by atoms with van der Waals surface area (Å²) in [6, 6.07) is 15.8. The number of hydrogen-bond acceptors (Lipinski definition) is 3. The number of carbonyl (C=O) groups excluding carboxylic acids is 2. The van der Waals surface area contributed by atoms with Gasteiger partial charge in [-0.05, 0) is 68.6 Å². The van der Waals surface area contributed by atoms with E-state index in [-0.39, 0.29) is 17.7 Å². The molecule has 0 saturated carbocycles. The molecule has 2 aromatic rings. The topological polar surface area (TPSA) is 52.7 Å². The number of likely N-dealkylation sites (tertiary alicyclic amines) is 2.